The summed E-state index contributed by atoms with van der Waals surface area (Å²) < 4.78 is 5.39. The van der Waals surface area contributed by atoms with Crippen molar-refractivity contribution in [3.63, 3.8) is 0 Å². The Balaban J connectivity index is 1.70. The molecule has 3 N–H and O–H groups in total. The van der Waals surface area contributed by atoms with Gasteiger partial charge >= 0.3 is 0 Å². The average Bonchev–Trinajstić information content (AvgIpc) is 3.12. The standard InChI is InChI=1S/C25H28N4O3S/c1-15-6-4-9-18(14-15)27-23(30)22-20(26)19(25(31)29-10-12-32-13-11-29)24(33-22)28-21-16(2)7-5-8-17(21)3/h4-9,14,19H,10-13,26H2,1-3H3,(H,27,30). The van der Waals surface area contributed by atoms with Gasteiger partial charge in [-0.05, 0) is 49.6 Å². The summed E-state index contributed by atoms with van der Waals surface area (Å²) in [6, 6.07) is 13.5. The topological polar surface area (TPSA) is 97.0 Å². The maximum atomic E-state index is 13.5. The van der Waals surface area contributed by atoms with Crippen molar-refractivity contribution in [2.45, 2.75) is 20.8 Å². The van der Waals surface area contributed by atoms with Crippen molar-refractivity contribution in [3.05, 3.63) is 69.8 Å². The Morgan fingerprint density at radius 3 is 2.42 bits per heavy atom. The lowest BCUT2D eigenvalue weighted by Crippen LogP contribution is -2.45. The number of thioether (sulfide) groups is 1. The fourth-order valence-corrected chi connectivity index (χ4v) is 5.03. The molecule has 4 rings (SSSR count). The van der Waals surface area contributed by atoms with E-state index in [0.29, 0.717) is 41.9 Å². The van der Waals surface area contributed by atoms with Crippen LogP contribution in [-0.4, -0.2) is 48.1 Å². The maximum absolute atomic E-state index is 13.5. The van der Waals surface area contributed by atoms with Crippen LogP contribution in [0.1, 0.15) is 16.7 Å². The Kier molecular flexibility index (Phi) is 6.85. The SMILES string of the molecule is Cc1cccc(NC(=O)C2=C(N)C(C(=O)N3CCOCC3)C(=Nc3c(C)cccc3C)S2)c1. The molecule has 0 bridgehead atoms. The first-order valence-electron chi connectivity index (χ1n) is 10.9. The van der Waals surface area contributed by atoms with E-state index < -0.39 is 5.92 Å². The van der Waals surface area contributed by atoms with E-state index in [9.17, 15) is 9.59 Å². The van der Waals surface area contributed by atoms with Crippen LogP contribution in [0, 0.1) is 26.7 Å². The molecule has 1 fully saturated rings. The predicted octanol–water partition coefficient (Wildman–Crippen LogP) is 3.67. The van der Waals surface area contributed by atoms with Gasteiger partial charge in [-0.25, -0.2) is 4.99 Å². The molecule has 7 nitrogen and oxygen atoms in total. The normalized spacial score (nSPS) is 19.8. The van der Waals surface area contributed by atoms with E-state index in [0.717, 1.165) is 22.4 Å². The number of ether oxygens (including phenoxy) is 1. The van der Waals surface area contributed by atoms with Crippen molar-refractivity contribution in [2.24, 2.45) is 16.6 Å². The van der Waals surface area contributed by atoms with E-state index >= 15 is 0 Å². The zero-order valence-electron chi connectivity index (χ0n) is 19.1. The van der Waals surface area contributed by atoms with Crippen LogP contribution in [0.4, 0.5) is 11.4 Å². The fraction of sp³-hybridized carbons (Fsp3) is 0.320. The second-order valence-electron chi connectivity index (χ2n) is 8.27. The molecule has 2 aromatic carbocycles. The number of carbonyl (C=O) groups excluding carboxylic acids is 2. The molecule has 1 unspecified atom stereocenters. The number of benzene rings is 2. The predicted molar refractivity (Wildman–Crippen MR) is 133 cm³/mol. The van der Waals surface area contributed by atoms with Gasteiger partial charge in [-0.2, -0.15) is 0 Å². The highest BCUT2D eigenvalue weighted by atomic mass is 32.2. The molecule has 2 aliphatic heterocycles. The summed E-state index contributed by atoms with van der Waals surface area (Å²) in [7, 11) is 0. The molecule has 0 saturated carbocycles. The summed E-state index contributed by atoms with van der Waals surface area (Å²) in [5.41, 5.74) is 11.2. The summed E-state index contributed by atoms with van der Waals surface area (Å²) in [6.45, 7) is 7.88. The van der Waals surface area contributed by atoms with Gasteiger partial charge in [0.15, 0.2) is 0 Å². The first kappa shape index (κ1) is 23.1. The van der Waals surface area contributed by atoms with Crippen LogP contribution >= 0.6 is 11.8 Å². The van der Waals surface area contributed by atoms with Gasteiger partial charge in [0, 0.05) is 24.5 Å². The Bertz CT molecular complexity index is 1130. The van der Waals surface area contributed by atoms with Gasteiger partial charge in [0.05, 0.1) is 28.9 Å². The summed E-state index contributed by atoms with van der Waals surface area (Å²) in [6.07, 6.45) is 0. The molecule has 8 heteroatoms. The van der Waals surface area contributed by atoms with Crippen LogP contribution in [0.3, 0.4) is 0 Å². The number of amides is 2. The van der Waals surface area contributed by atoms with Crippen molar-refractivity contribution in [2.75, 3.05) is 31.6 Å². The second-order valence-corrected chi connectivity index (χ2v) is 9.30. The van der Waals surface area contributed by atoms with Crippen LogP contribution in [0.2, 0.25) is 0 Å². The van der Waals surface area contributed by atoms with Crippen LogP contribution in [0.15, 0.2) is 58.1 Å². The van der Waals surface area contributed by atoms with E-state index in [1.807, 2.05) is 63.2 Å². The summed E-state index contributed by atoms with van der Waals surface area (Å²) in [4.78, 5) is 33.5. The minimum absolute atomic E-state index is 0.147. The van der Waals surface area contributed by atoms with Crippen LogP contribution in [0.25, 0.3) is 0 Å². The number of hydrogen-bond acceptors (Lipinski definition) is 6. The van der Waals surface area contributed by atoms with Crippen molar-refractivity contribution >= 4 is 40.0 Å². The van der Waals surface area contributed by atoms with Crippen LogP contribution in [0.5, 0.6) is 0 Å². The molecule has 0 spiro atoms. The first-order chi connectivity index (χ1) is 15.8. The molecule has 172 valence electrons. The summed E-state index contributed by atoms with van der Waals surface area (Å²) in [5.74, 6) is -1.27. The molecule has 1 saturated heterocycles. The Morgan fingerprint density at radius 2 is 1.76 bits per heavy atom. The van der Waals surface area contributed by atoms with Gasteiger partial charge in [0.2, 0.25) is 5.91 Å². The molecule has 0 radical (unpaired) electrons. The third-order valence-electron chi connectivity index (χ3n) is 5.74. The van der Waals surface area contributed by atoms with Gasteiger partial charge in [0.25, 0.3) is 5.91 Å². The lowest BCUT2D eigenvalue weighted by atomic mass is 10.0. The van der Waals surface area contributed by atoms with Gasteiger partial charge in [-0.3, -0.25) is 9.59 Å². The Hall–Kier alpha value is -3.10. The molecule has 33 heavy (non-hydrogen) atoms. The Labute approximate surface area is 198 Å². The molecule has 2 aromatic rings. The monoisotopic (exact) mass is 464 g/mol. The lowest BCUT2D eigenvalue weighted by molar-refractivity contribution is -0.136. The third kappa shape index (κ3) is 4.96. The summed E-state index contributed by atoms with van der Waals surface area (Å²) >= 11 is 1.18. The van der Waals surface area contributed by atoms with Crippen molar-refractivity contribution < 1.29 is 14.3 Å². The highest BCUT2D eigenvalue weighted by molar-refractivity contribution is 8.18. The van der Waals surface area contributed by atoms with Gasteiger partial charge in [-0.1, -0.05) is 42.1 Å². The van der Waals surface area contributed by atoms with Crippen LogP contribution in [-0.2, 0) is 14.3 Å². The van der Waals surface area contributed by atoms with Crippen molar-refractivity contribution in [1.29, 1.82) is 0 Å². The maximum Gasteiger partial charge on any atom is 0.264 e. The molecular weight excluding hydrogens is 436 g/mol. The first-order valence-corrected chi connectivity index (χ1v) is 11.7. The smallest absolute Gasteiger partial charge is 0.264 e. The molecule has 2 amide bonds. The number of carbonyl (C=O) groups is 2. The minimum Gasteiger partial charge on any atom is -0.400 e. The second kappa shape index (κ2) is 9.80. The number of rotatable bonds is 4. The minimum atomic E-state index is -0.787. The number of nitrogens with zero attached hydrogens (tertiary/aromatic N) is 2. The van der Waals surface area contributed by atoms with Crippen LogP contribution < -0.4 is 11.1 Å². The molecular formula is C25H28N4O3S. The largest absolute Gasteiger partial charge is 0.400 e. The highest BCUT2D eigenvalue weighted by Crippen LogP contribution is 2.40. The third-order valence-corrected chi connectivity index (χ3v) is 6.90. The van der Waals surface area contributed by atoms with E-state index in [-0.39, 0.29) is 17.5 Å². The fourth-order valence-electron chi connectivity index (χ4n) is 3.96. The number of morpholine rings is 1. The quantitative estimate of drug-likeness (QED) is 0.720. The Morgan fingerprint density at radius 1 is 1.09 bits per heavy atom. The van der Waals surface area contributed by atoms with E-state index in [2.05, 4.69) is 5.32 Å². The number of aryl methyl sites for hydroxylation is 3. The molecule has 2 heterocycles. The molecule has 0 aliphatic carbocycles. The van der Waals surface area contributed by atoms with E-state index in [1.165, 1.54) is 11.8 Å². The van der Waals surface area contributed by atoms with E-state index in [1.54, 1.807) is 4.90 Å². The number of para-hydroxylation sites is 1. The van der Waals surface area contributed by atoms with Gasteiger partial charge < -0.3 is 20.7 Å². The zero-order chi connectivity index (χ0) is 23.5. The zero-order valence-corrected chi connectivity index (χ0v) is 19.9. The highest BCUT2D eigenvalue weighted by Gasteiger charge is 2.41. The van der Waals surface area contributed by atoms with E-state index in [4.69, 9.17) is 15.5 Å². The molecule has 2 aliphatic rings. The lowest BCUT2D eigenvalue weighted by Gasteiger charge is -2.29. The summed E-state index contributed by atoms with van der Waals surface area (Å²) in [5, 5.41) is 3.43. The van der Waals surface area contributed by atoms with Crippen molar-refractivity contribution in [1.82, 2.24) is 4.90 Å². The number of nitrogens with two attached hydrogens (primary N) is 1. The number of hydrogen-bond donors (Lipinski definition) is 2. The number of nitrogens with one attached hydrogen (secondary N) is 1. The molecule has 0 aromatic heterocycles. The van der Waals surface area contributed by atoms with Gasteiger partial charge in [-0.15, -0.1) is 0 Å². The molecule has 1 atom stereocenters. The van der Waals surface area contributed by atoms with Crippen molar-refractivity contribution in [3.8, 4) is 0 Å². The number of aliphatic imine (C=N–C) groups is 1. The average molecular weight is 465 g/mol. The number of anilines is 1. The van der Waals surface area contributed by atoms with Gasteiger partial charge in [0.1, 0.15) is 5.92 Å².